The zero-order chi connectivity index (χ0) is 22.5. The van der Waals surface area contributed by atoms with Crippen molar-refractivity contribution in [2.24, 2.45) is 5.92 Å². The van der Waals surface area contributed by atoms with Gasteiger partial charge in [0.05, 0.1) is 23.9 Å². The summed E-state index contributed by atoms with van der Waals surface area (Å²) < 4.78 is 11.4. The number of carboxylic acids is 1. The maximum absolute atomic E-state index is 12.3. The molecule has 1 amide bonds. The van der Waals surface area contributed by atoms with Crippen molar-refractivity contribution in [3.63, 3.8) is 0 Å². The lowest BCUT2D eigenvalue weighted by Crippen LogP contribution is -2.35. The van der Waals surface area contributed by atoms with Crippen LogP contribution in [0.1, 0.15) is 57.1 Å². The molecule has 10 nitrogen and oxygen atoms in total. The lowest BCUT2D eigenvalue weighted by Gasteiger charge is -2.27. The quantitative estimate of drug-likeness (QED) is 0.666. The summed E-state index contributed by atoms with van der Waals surface area (Å²) in [6.45, 7) is 0.000307. The van der Waals surface area contributed by atoms with Gasteiger partial charge in [0, 0.05) is 13.1 Å². The summed E-state index contributed by atoms with van der Waals surface area (Å²) in [5.41, 5.74) is 1.58. The maximum Gasteiger partial charge on any atom is 0.410 e. The normalized spacial score (nSPS) is 21.3. The minimum Gasteiger partial charge on any atom is -0.489 e. The summed E-state index contributed by atoms with van der Waals surface area (Å²) in [4.78, 5) is 29.7. The second kappa shape index (κ2) is 9.97. The van der Waals surface area contributed by atoms with Gasteiger partial charge >= 0.3 is 12.1 Å². The van der Waals surface area contributed by atoms with Crippen LogP contribution in [0, 0.1) is 5.92 Å². The van der Waals surface area contributed by atoms with E-state index in [0.29, 0.717) is 35.7 Å². The van der Waals surface area contributed by atoms with E-state index >= 15 is 0 Å². The second-order valence-corrected chi connectivity index (χ2v) is 8.54. The van der Waals surface area contributed by atoms with Crippen LogP contribution >= 0.6 is 0 Å². The number of H-pyrrole nitrogens is 1. The molecule has 2 aromatic rings. The first-order valence-electron chi connectivity index (χ1n) is 11.2. The van der Waals surface area contributed by atoms with E-state index in [-0.39, 0.29) is 30.8 Å². The average molecular weight is 444 g/mol. The first-order valence-corrected chi connectivity index (χ1v) is 11.2. The van der Waals surface area contributed by atoms with E-state index < -0.39 is 5.97 Å². The van der Waals surface area contributed by atoms with Gasteiger partial charge in [-0.15, -0.1) is 0 Å². The molecule has 2 aliphatic carbocycles. The molecule has 32 heavy (non-hydrogen) atoms. The van der Waals surface area contributed by atoms with Crippen LogP contribution in [0.5, 0.6) is 5.75 Å². The molecular weight excluding hydrogens is 414 g/mol. The van der Waals surface area contributed by atoms with Gasteiger partial charge in [-0.2, -0.15) is 15.4 Å². The van der Waals surface area contributed by atoms with E-state index in [4.69, 9.17) is 9.47 Å². The van der Waals surface area contributed by atoms with E-state index in [1.54, 1.807) is 30.3 Å². The number of carboxylic acid groups (broad SMARTS) is 1. The number of rotatable bonds is 7. The number of pyridine rings is 1. The molecule has 0 aromatic carbocycles. The molecule has 2 heterocycles. The van der Waals surface area contributed by atoms with Crippen LogP contribution in [0.15, 0.2) is 18.3 Å². The molecule has 2 aliphatic rings. The zero-order valence-electron chi connectivity index (χ0n) is 18.2. The minimum absolute atomic E-state index is 0.000307. The number of nitrogens with one attached hydrogen (secondary N) is 1. The lowest BCUT2D eigenvalue weighted by atomic mass is 9.87. The van der Waals surface area contributed by atoms with E-state index in [2.05, 4.69) is 20.4 Å². The second-order valence-electron chi connectivity index (χ2n) is 8.54. The Morgan fingerprint density at radius 2 is 1.97 bits per heavy atom. The van der Waals surface area contributed by atoms with Crippen LogP contribution in [0.2, 0.25) is 0 Å². The number of aromatic amines is 1. The minimum atomic E-state index is -0.763. The Balaban J connectivity index is 1.34. The maximum atomic E-state index is 12.3. The standard InChI is InChI=1S/C22H29N5O5/c1-27(15-6-2-3-7-15)22(30)31-13-19-20(25-26-24-19)18-10-9-17(12-23-18)32-16-8-4-5-14(11-16)21(28)29/h9-10,12,14-16H,2-8,11,13H2,1H3,(H,28,29)(H,24,25,26)/t14-,16-/m0/s1. The highest BCUT2D eigenvalue weighted by atomic mass is 16.6. The van der Waals surface area contributed by atoms with Crippen LogP contribution in [0.4, 0.5) is 4.79 Å². The summed E-state index contributed by atoms with van der Waals surface area (Å²) in [5, 5.41) is 20.1. The fourth-order valence-corrected chi connectivity index (χ4v) is 4.49. The predicted molar refractivity (Wildman–Crippen MR) is 114 cm³/mol. The molecule has 0 unspecified atom stereocenters. The van der Waals surface area contributed by atoms with Crippen LogP contribution in [-0.4, -0.2) is 61.7 Å². The molecule has 0 aliphatic heterocycles. The Morgan fingerprint density at radius 1 is 1.16 bits per heavy atom. The molecule has 0 radical (unpaired) electrons. The molecule has 2 N–H and O–H groups in total. The number of nitrogens with zero attached hydrogens (tertiary/aromatic N) is 4. The summed E-state index contributed by atoms with van der Waals surface area (Å²) >= 11 is 0. The van der Waals surface area contributed by atoms with Gasteiger partial charge < -0.3 is 19.5 Å². The first-order chi connectivity index (χ1) is 15.5. The largest absolute Gasteiger partial charge is 0.489 e. The Bertz CT molecular complexity index is 925. The van der Waals surface area contributed by atoms with Gasteiger partial charge in [0.25, 0.3) is 0 Å². The number of hydrogen-bond acceptors (Lipinski definition) is 7. The summed E-state index contributed by atoms with van der Waals surface area (Å²) in [5.74, 6) is -0.533. The third-order valence-corrected chi connectivity index (χ3v) is 6.37. The fraction of sp³-hybridized carbons (Fsp3) is 0.591. The number of aliphatic carboxylic acids is 1. The molecule has 2 aromatic heterocycles. The van der Waals surface area contributed by atoms with E-state index in [0.717, 1.165) is 38.5 Å². The fourth-order valence-electron chi connectivity index (χ4n) is 4.49. The summed E-state index contributed by atoms with van der Waals surface area (Å²) in [6, 6.07) is 3.79. The molecule has 4 rings (SSSR count). The predicted octanol–water partition coefficient (Wildman–Crippen LogP) is 3.40. The Morgan fingerprint density at radius 3 is 2.69 bits per heavy atom. The highest BCUT2D eigenvalue weighted by Gasteiger charge is 2.28. The van der Waals surface area contributed by atoms with Gasteiger partial charge in [0.15, 0.2) is 0 Å². The van der Waals surface area contributed by atoms with Gasteiger partial charge in [-0.3, -0.25) is 9.78 Å². The molecule has 10 heteroatoms. The number of carbonyl (C=O) groups excluding carboxylic acids is 1. The van der Waals surface area contributed by atoms with Crippen molar-refractivity contribution in [2.75, 3.05) is 7.05 Å². The molecule has 0 spiro atoms. The number of amides is 1. The Kier molecular flexibility index (Phi) is 6.87. The van der Waals surface area contributed by atoms with Gasteiger partial charge in [0.2, 0.25) is 0 Å². The third-order valence-electron chi connectivity index (χ3n) is 6.37. The van der Waals surface area contributed by atoms with Crippen molar-refractivity contribution in [1.29, 1.82) is 0 Å². The third kappa shape index (κ3) is 5.17. The van der Waals surface area contributed by atoms with Crippen molar-refractivity contribution < 1.29 is 24.2 Å². The van der Waals surface area contributed by atoms with Crippen LogP contribution < -0.4 is 4.74 Å². The molecular formula is C22H29N5O5. The van der Waals surface area contributed by atoms with Crippen molar-refractivity contribution in [3.05, 3.63) is 24.0 Å². The SMILES string of the molecule is CN(C(=O)OCc1n[nH]nc1-c1ccc(O[C@H]2CCC[C@H](C(=O)O)C2)cn1)C1CCCC1. The molecule has 0 saturated heterocycles. The molecule has 0 bridgehead atoms. The van der Waals surface area contributed by atoms with Crippen molar-refractivity contribution >= 4 is 12.1 Å². The van der Waals surface area contributed by atoms with Gasteiger partial charge in [0.1, 0.15) is 23.7 Å². The lowest BCUT2D eigenvalue weighted by molar-refractivity contribution is -0.143. The average Bonchev–Trinajstić information content (AvgIpc) is 3.50. The van der Waals surface area contributed by atoms with E-state index in [1.165, 1.54) is 0 Å². The van der Waals surface area contributed by atoms with Crippen molar-refractivity contribution in [2.45, 2.75) is 70.1 Å². The van der Waals surface area contributed by atoms with Crippen LogP contribution in [0.25, 0.3) is 11.4 Å². The van der Waals surface area contributed by atoms with E-state index in [9.17, 15) is 14.7 Å². The Hall–Kier alpha value is -3.17. The van der Waals surface area contributed by atoms with Crippen molar-refractivity contribution in [3.8, 4) is 17.1 Å². The van der Waals surface area contributed by atoms with Crippen LogP contribution in [0.3, 0.4) is 0 Å². The van der Waals surface area contributed by atoms with Crippen LogP contribution in [-0.2, 0) is 16.1 Å². The van der Waals surface area contributed by atoms with Gasteiger partial charge in [-0.05, 0) is 50.7 Å². The van der Waals surface area contributed by atoms with Gasteiger partial charge in [-0.1, -0.05) is 12.8 Å². The first kappa shape index (κ1) is 22.0. The van der Waals surface area contributed by atoms with Gasteiger partial charge in [-0.25, -0.2) is 4.79 Å². The zero-order valence-corrected chi connectivity index (χ0v) is 18.2. The highest BCUT2D eigenvalue weighted by molar-refractivity contribution is 5.70. The Labute approximate surface area is 186 Å². The molecule has 172 valence electrons. The smallest absolute Gasteiger partial charge is 0.410 e. The molecule has 2 atom stereocenters. The number of ether oxygens (including phenoxy) is 2. The number of aromatic nitrogens is 4. The number of carbonyl (C=O) groups is 2. The monoisotopic (exact) mass is 443 g/mol. The summed E-state index contributed by atoms with van der Waals surface area (Å²) in [7, 11) is 1.77. The topological polar surface area (TPSA) is 131 Å². The van der Waals surface area contributed by atoms with Crippen molar-refractivity contribution in [1.82, 2.24) is 25.3 Å². The molecule has 2 fully saturated rings. The molecule has 2 saturated carbocycles. The van der Waals surface area contributed by atoms with E-state index in [1.807, 2.05) is 0 Å². The number of hydrogen-bond donors (Lipinski definition) is 2. The highest BCUT2D eigenvalue weighted by Crippen LogP contribution is 2.29. The summed E-state index contributed by atoms with van der Waals surface area (Å²) in [6.07, 6.45) is 8.28.